The maximum absolute atomic E-state index is 10.1. The molecule has 0 fully saturated rings. The first-order chi connectivity index (χ1) is 5.96. The SMILES string of the molecule is CCOC(O)(CN(C)CC)N(C)C. The first-order valence-electron chi connectivity index (χ1n) is 4.68. The first kappa shape index (κ1) is 12.8. The second kappa shape index (κ2) is 5.54. The van der Waals surface area contributed by atoms with Gasteiger partial charge in [0.2, 0.25) is 5.91 Å². The zero-order valence-electron chi connectivity index (χ0n) is 9.37. The molecule has 0 spiro atoms. The Morgan fingerprint density at radius 3 is 2.08 bits per heavy atom. The van der Waals surface area contributed by atoms with Crippen molar-refractivity contribution in [3.05, 3.63) is 0 Å². The predicted octanol–water partition coefficient (Wildman–Crippen LogP) is 0.182. The van der Waals surface area contributed by atoms with Gasteiger partial charge in [0.05, 0.1) is 6.54 Å². The first-order valence-corrected chi connectivity index (χ1v) is 4.68. The standard InChI is InChI=1S/C9H22N2O2/c1-6-11(5)8-9(12,10(3)4)13-7-2/h12H,6-8H2,1-5H3. The van der Waals surface area contributed by atoms with Gasteiger partial charge in [0.1, 0.15) is 0 Å². The summed E-state index contributed by atoms with van der Waals surface area (Å²) in [6.45, 7) is 5.81. The zero-order chi connectivity index (χ0) is 10.5. The Morgan fingerprint density at radius 1 is 1.23 bits per heavy atom. The van der Waals surface area contributed by atoms with Gasteiger partial charge in [-0.05, 0) is 34.6 Å². The molecule has 80 valence electrons. The largest absolute Gasteiger partial charge is 0.352 e. The van der Waals surface area contributed by atoms with E-state index in [-0.39, 0.29) is 0 Å². The number of rotatable bonds is 6. The molecule has 0 rings (SSSR count). The number of aliphatic hydroxyl groups is 1. The lowest BCUT2D eigenvalue weighted by atomic mass is 10.4. The molecule has 0 saturated carbocycles. The van der Waals surface area contributed by atoms with E-state index in [0.29, 0.717) is 13.2 Å². The second-order valence-electron chi connectivity index (χ2n) is 3.40. The molecular formula is C9H22N2O2. The normalized spacial score (nSPS) is 16.6. The van der Waals surface area contributed by atoms with Gasteiger partial charge in [-0.3, -0.25) is 4.90 Å². The van der Waals surface area contributed by atoms with Crippen molar-refractivity contribution < 1.29 is 9.84 Å². The Hall–Kier alpha value is -0.160. The Morgan fingerprint density at radius 2 is 1.77 bits per heavy atom. The average molecular weight is 190 g/mol. The van der Waals surface area contributed by atoms with Gasteiger partial charge < -0.3 is 14.7 Å². The molecule has 0 saturated heterocycles. The van der Waals surface area contributed by atoms with Crippen molar-refractivity contribution in [1.29, 1.82) is 0 Å². The van der Waals surface area contributed by atoms with E-state index in [1.807, 2.05) is 25.8 Å². The van der Waals surface area contributed by atoms with Gasteiger partial charge >= 0.3 is 0 Å². The summed E-state index contributed by atoms with van der Waals surface area (Å²) in [5, 5.41) is 10.1. The lowest BCUT2D eigenvalue weighted by Gasteiger charge is -2.36. The molecule has 4 heteroatoms. The van der Waals surface area contributed by atoms with Gasteiger partial charge in [0.15, 0.2) is 0 Å². The van der Waals surface area contributed by atoms with Gasteiger partial charge in [-0.1, -0.05) is 6.92 Å². The highest BCUT2D eigenvalue weighted by atomic mass is 16.6. The molecule has 0 bridgehead atoms. The molecule has 0 aliphatic carbocycles. The molecule has 1 N–H and O–H groups in total. The van der Waals surface area contributed by atoms with Crippen LogP contribution < -0.4 is 0 Å². The average Bonchev–Trinajstić information content (AvgIpc) is 2.04. The highest BCUT2D eigenvalue weighted by molar-refractivity contribution is 4.67. The van der Waals surface area contributed by atoms with Crippen LogP contribution in [0.2, 0.25) is 0 Å². The molecule has 0 heterocycles. The summed E-state index contributed by atoms with van der Waals surface area (Å²) < 4.78 is 5.30. The molecule has 0 aliphatic heterocycles. The third-order valence-corrected chi connectivity index (χ3v) is 2.09. The van der Waals surface area contributed by atoms with E-state index in [2.05, 4.69) is 0 Å². The summed E-state index contributed by atoms with van der Waals surface area (Å²) in [5.41, 5.74) is 0. The van der Waals surface area contributed by atoms with E-state index < -0.39 is 5.91 Å². The molecule has 0 radical (unpaired) electrons. The molecule has 0 aliphatic rings. The molecule has 13 heavy (non-hydrogen) atoms. The van der Waals surface area contributed by atoms with Gasteiger partial charge in [-0.25, -0.2) is 0 Å². The number of ether oxygens (including phenoxy) is 1. The summed E-state index contributed by atoms with van der Waals surface area (Å²) in [6, 6.07) is 0. The fourth-order valence-corrected chi connectivity index (χ4v) is 1.01. The van der Waals surface area contributed by atoms with E-state index in [0.717, 1.165) is 6.54 Å². The summed E-state index contributed by atoms with van der Waals surface area (Å²) >= 11 is 0. The molecular weight excluding hydrogens is 168 g/mol. The minimum absolute atomic E-state index is 0.490. The molecule has 0 aromatic rings. The maximum atomic E-state index is 10.1. The van der Waals surface area contributed by atoms with Crippen molar-refractivity contribution in [3.8, 4) is 0 Å². The molecule has 0 amide bonds. The van der Waals surface area contributed by atoms with Crippen molar-refractivity contribution in [1.82, 2.24) is 9.80 Å². The van der Waals surface area contributed by atoms with Gasteiger partial charge in [0.25, 0.3) is 0 Å². The predicted molar refractivity (Wildman–Crippen MR) is 53.4 cm³/mol. The van der Waals surface area contributed by atoms with Crippen molar-refractivity contribution in [2.24, 2.45) is 0 Å². The Labute approximate surface area is 81.1 Å². The van der Waals surface area contributed by atoms with Crippen LogP contribution >= 0.6 is 0 Å². The van der Waals surface area contributed by atoms with E-state index in [4.69, 9.17) is 4.74 Å². The number of nitrogens with zero attached hydrogens (tertiary/aromatic N) is 2. The van der Waals surface area contributed by atoms with Crippen molar-refractivity contribution in [2.45, 2.75) is 19.8 Å². The Balaban J connectivity index is 4.23. The smallest absolute Gasteiger partial charge is 0.240 e. The van der Waals surface area contributed by atoms with Gasteiger partial charge in [-0.2, -0.15) is 0 Å². The minimum atomic E-state index is -1.17. The Kier molecular flexibility index (Phi) is 5.48. The van der Waals surface area contributed by atoms with Crippen molar-refractivity contribution in [3.63, 3.8) is 0 Å². The molecule has 1 atom stereocenters. The van der Waals surface area contributed by atoms with E-state index in [1.54, 1.807) is 19.0 Å². The number of hydrogen-bond acceptors (Lipinski definition) is 4. The van der Waals surface area contributed by atoms with Crippen LogP contribution in [0.4, 0.5) is 0 Å². The molecule has 0 aromatic carbocycles. The monoisotopic (exact) mass is 190 g/mol. The Bertz CT molecular complexity index is 142. The quantitative estimate of drug-likeness (QED) is 0.606. The van der Waals surface area contributed by atoms with Gasteiger partial charge in [0, 0.05) is 6.61 Å². The lowest BCUT2D eigenvalue weighted by molar-refractivity contribution is -0.284. The minimum Gasteiger partial charge on any atom is -0.352 e. The van der Waals surface area contributed by atoms with E-state index >= 15 is 0 Å². The third-order valence-electron chi connectivity index (χ3n) is 2.09. The van der Waals surface area contributed by atoms with E-state index in [9.17, 15) is 5.11 Å². The summed E-state index contributed by atoms with van der Waals surface area (Å²) in [5.74, 6) is -1.17. The van der Waals surface area contributed by atoms with Crippen LogP contribution in [0.1, 0.15) is 13.8 Å². The molecule has 4 nitrogen and oxygen atoms in total. The van der Waals surface area contributed by atoms with Crippen LogP contribution in [0.5, 0.6) is 0 Å². The van der Waals surface area contributed by atoms with Crippen molar-refractivity contribution >= 4 is 0 Å². The van der Waals surface area contributed by atoms with Gasteiger partial charge in [-0.15, -0.1) is 0 Å². The third kappa shape index (κ3) is 4.04. The number of hydrogen-bond donors (Lipinski definition) is 1. The second-order valence-corrected chi connectivity index (χ2v) is 3.40. The van der Waals surface area contributed by atoms with Crippen LogP contribution in [0, 0.1) is 0 Å². The lowest BCUT2D eigenvalue weighted by Crippen LogP contribution is -2.54. The summed E-state index contributed by atoms with van der Waals surface area (Å²) in [4.78, 5) is 3.69. The zero-order valence-corrected chi connectivity index (χ0v) is 9.37. The summed E-state index contributed by atoms with van der Waals surface area (Å²) in [6.07, 6.45) is 0. The van der Waals surface area contributed by atoms with E-state index in [1.165, 1.54) is 0 Å². The number of likely N-dealkylation sites (N-methyl/N-ethyl adjacent to an activating group) is 2. The van der Waals surface area contributed by atoms with Crippen LogP contribution in [0.3, 0.4) is 0 Å². The van der Waals surface area contributed by atoms with Crippen LogP contribution in [-0.2, 0) is 4.74 Å². The van der Waals surface area contributed by atoms with Crippen molar-refractivity contribution in [2.75, 3.05) is 40.8 Å². The highest BCUT2D eigenvalue weighted by Gasteiger charge is 2.31. The van der Waals surface area contributed by atoms with Crippen LogP contribution in [-0.4, -0.2) is 61.7 Å². The maximum Gasteiger partial charge on any atom is 0.240 e. The fraction of sp³-hybridized carbons (Fsp3) is 1.00. The molecule has 1 unspecified atom stereocenters. The summed E-state index contributed by atoms with van der Waals surface area (Å²) in [7, 11) is 5.56. The fourth-order valence-electron chi connectivity index (χ4n) is 1.01. The molecule has 0 aromatic heterocycles. The van der Waals surface area contributed by atoms with Crippen LogP contribution in [0.15, 0.2) is 0 Å². The van der Waals surface area contributed by atoms with Crippen LogP contribution in [0.25, 0.3) is 0 Å². The highest BCUT2D eigenvalue weighted by Crippen LogP contribution is 2.11. The topological polar surface area (TPSA) is 35.9 Å².